The van der Waals surface area contributed by atoms with Crippen molar-refractivity contribution in [2.75, 3.05) is 23.9 Å². The van der Waals surface area contributed by atoms with Gasteiger partial charge in [-0.3, -0.25) is 4.31 Å². The molecule has 88 valence electrons. The van der Waals surface area contributed by atoms with Crippen molar-refractivity contribution in [3.05, 3.63) is 30.3 Å². The van der Waals surface area contributed by atoms with Crippen LogP contribution in [0.1, 0.15) is 6.92 Å². The number of nitrogens with one attached hydrogen (secondary N) is 1. The molecule has 1 atom stereocenters. The van der Waals surface area contributed by atoms with Crippen molar-refractivity contribution >= 4 is 15.7 Å². The zero-order valence-electron chi connectivity index (χ0n) is 9.26. The summed E-state index contributed by atoms with van der Waals surface area (Å²) < 4.78 is 25.9. The largest absolute Gasteiger partial charge is 0.314 e. The molecule has 1 fully saturated rings. The van der Waals surface area contributed by atoms with Gasteiger partial charge in [0.15, 0.2) is 0 Å². The molecule has 0 spiro atoms. The number of anilines is 1. The summed E-state index contributed by atoms with van der Waals surface area (Å²) in [5.74, 6) is 0. The molecule has 1 unspecified atom stereocenters. The highest BCUT2D eigenvalue weighted by Gasteiger charge is 2.30. The lowest BCUT2D eigenvalue weighted by molar-refractivity contribution is 0.581. The molecule has 1 aromatic carbocycles. The summed E-state index contributed by atoms with van der Waals surface area (Å²) in [6, 6.07) is 9.25. The van der Waals surface area contributed by atoms with E-state index in [2.05, 4.69) is 5.32 Å². The topological polar surface area (TPSA) is 49.4 Å². The van der Waals surface area contributed by atoms with Gasteiger partial charge in [0.2, 0.25) is 10.0 Å². The molecule has 0 saturated carbocycles. The number of rotatable bonds is 1. The summed E-state index contributed by atoms with van der Waals surface area (Å²) in [6.45, 7) is 3.45. The zero-order chi connectivity index (χ0) is 11.6. The van der Waals surface area contributed by atoms with Gasteiger partial charge < -0.3 is 5.32 Å². The molecular weight excluding hydrogens is 224 g/mol. The minimum atomic E-state index is -3.22. The van der Waals surface area contributed by atoms with E-state index in [1.54, 1.807) is 6.92 Å². The second-order valence-corrected chi connectivity index (χ2v) is 6.24. The summed E-state index contributed by atoms with van der Waals surface area (Å²) in [6.07, 6.45) is 0. The molecule has 0 aliphatic carbocycles. The molecule has 1 saturated heterocycles. The van der Waals surface area contributed by atoms with Crippen molar-refractivity contribution in [2.24, 2.45) is 0 Å². The van der Waals surface area contributed by atoms with Crippen molar-refractivity contribution in [3.8, 4) is 0 Å². The van der Waals surface area contributed by atoms with Gasteiger partial charge >= 0.3 is 0 Å². The average molecular weight is 240 g/mol. The second-order valence-electron chi connectivity index (χ2n) is 3.97. The summed E-state index contributed by atoms with van der Waals surface area (Å²) >= 11 is 0. The van der Waals surface area contributed by atoms with Crippen LogP contribution in [0.25, 0.3) is 0 Å². The first-order valence-corrected chi connectivity index (χ1v) is 6.90. The number of hydrogen-bond acceptors (Lipinski definition) is 3. The highest BCUT2D eigenvalue weighted by atomic mass is 32.2. The lowest BCUT2D eigenvalue weighted by Gasteiger charge is -2.24. The lowest BCUT2D eigenvalue weighted by Crippen LogP contribution is -2.37. The third-order valence-corrected chi connectivity index (χ3v) is 4.97. The molecular formula is C11H16N2O2S. The van der Waals surface area contributed by atoms with Gasteiger partial charge in [-0.2, -0.15) is 0 Å². The van der Waals surface area contributed by atoms with Gasteiger partial charge in [0.25, 0.3) is 0 Å². The van der Waals surface area contributed by atoms with Crippen LogP contribution < -0.4 is 9.62 Å². The van der Waals surface area contributed by atoms with E-state index in [0.29, 0.717) is 19.6 Å². The first-order valence-electron chi connectivity index (χ1n) is 5.39. The Hall–Kier alpha value is -1.07. The van der Waals surface area contributed by atoms with Gasteiger partial charge in [0.1, 0.15) is 0 Å². The molecule has 0 radical (unpaired) electrons. The van der Waals surface area contributed by atoms with Crippen LogP contribution in [-0.2, 0) is 10.0 Å². The molecule has 4 nitrogen and oxygen atoms in total. The molecule has 0 aromatic heterocycles. The van der Waals surface area contributed by atoms with Crippen LogP contribution in [-0.4, -0.2) is 33.3 Å². The van der Waals surface area contributed by atoms with Crippen molar-refractivity contribution in [3.63, 3.8) is 0 Å². The van der Waals surface area contributed by atoms with E-state index in [1.165, 1.54) is 4.31 Å². The molecule has 1 aliphatic rings. The lowest BCUT2D eigenvalue weighted by atomic mass is 10.3. The molecule has 5 heteroatoms. The van der Waals surface area contributed by atoms with Crippen LogP contribution in [0.2, 0.25) is 0 Å². The number of hydrogen-bond donors (Lipinski definition) is 1. The van der Waals surface area contributed by atoms with Gasteiger partial charge in [-0.15, -0.1) is 0 Å². The maximum absolute atomic E-state index is 12.2. The number of sulfonamides is 1. The Kier molecular flexibility index (Phi) is 3.16. The summed E-state index contributed by atoms with van der Waals surface area (Å²) in [5.41, 5.74) is 0.748. The van der Waals surface area contributed by atoms with E-state index in [1.807, 2.05) is 30.3 Å². The van der Waals surface area contributed by atoms with Crippen LogP contribution in [0.3, 0.4) is 0 Å². The molecule has 2 rings (SSSR count). The third kappa shape index (κ3) is 2.05. The van der Waals surface area contributed by atoms with Crippen LogP contribution in [0, 0.1) is 0 Å². The summed E-state index contributed by atoms with van der Waals surface area (Å²) in [7, 11) is -3.22. The highest BCUT2D eigenvalue weighted by molar-refractivity contribution is 7.93. The van der Waals surface area contributed by atoms with E-state index in [9.17, 15) is 8.42 Å². The summed E-state index contributed by atoms with van der Waals surface area (Å²) in [5, 5.41) is 2.75. The first-order chi connectivity index (χ1) is 7.62. The van der Waals surface area contributed by atoms with Gasteiger partial charge in [0.05, 0.1) is 10.9 Å². The normalized spacial score (nSPS) is 25.1. The Labute approximate surface area is 96.3 Å². The van der Waals surface area contributed by atoms with Crippen LogP contribution in [0.4, 0.5) is 5.69 Å². The molecule has 1 heterocycles. The Morgan fingerprint density at radius 1 is 1.31 bits per heavy atom. The quantitative estimate of drug-likeness (QED) is 0.790. The minimum Gasteiger partial charge on any atom is -0.314 e. The predicted molar refractivity (Wildman–Crippen MR) is 65.0 cm³/mol. The monoisotopic (exact) mass is 240 g/mol. The SMILES string of the molecule is CC1CNCCN(c2ccccc2)S1(=O)=O. The van der Waals surface area contributed by atoms with E-state index in [4.69, 9.17) is 0 Å². The maximum Gasteiger partial charge on any atom is 0.239 e. The Bertz CT molecular complexity index is 444. The zero-order valence-corrected chi connectivity index (χ0v) is 10.1. The van der Waals surface area contributed by atoms with Crippen LogP contribution in [0.15, 0.2) is 30.3 Å². The number of para-hydroxylation sites is 1. The Morgan fingerprint density at radius 3 is 2.69 bits per heavy atom. The van der Waals surface area contributed by atoms with Crippen molar-refractivity contribution < 1.29 is 8.42 Å². The molecule has 16 heavy (non-hydrogen) atoms. The highest BCUT2D eigenvalue weighted by Crippen LogP contribution is 2.20. The van der Waals surface area contributed by atoms with Gasteiger partial charge in [-0.1, -0.05) is 18.2 Å². The fourth-order valence-corrected chi connectivity index (χ4v) is 3.33. The van der Waals surface area contributed by atoms with Crippen LogP contribution >= 0.6 is 0 Å². The predicted octanol–water partition coefficient (Wildman–Crippen LogP) is 0.815. The molecule has 1 aliphatic heterocycles. The standard InChI is InChI=1S/C11H16N2O2S/c1-10-9-12-7-8-13(16(10,14)15)11-5-3-2-4-6-11/h2-6,10,12H,7-9H2,1H3. The van der Waals surface area contributed by atoms with Crippen molar-refractivity contribution in [1.82, 2.24) is 5.32 Å². The summed E-state index contributed by atoms with van der Waals surface area (Å²) in [4.78, 5) is 0. The third-order valence-electron chi connectivity index (χ3n) is 2.78. The first kappa shape index (κ1) is 11.4. The molecule has 0 amide bonds. The smallest absolute Gasteiger partial charge is 0.239 e. The van der Waals surface area contributed by atoms with E-state index in [-0.39, 0.29) is 5.25 Å². The van der Waals surface area contributed by atoms with E-state index < -0.39 is 10.0 Å². The molecule has 0 bridgehead atoms. The van der Waals surface area contributed by atoms with Gasteiger partial charge in [0, 0.05) is 19.6 Å². The minimum absolute atomic E-state index is 0.379. The maximum atomic E-state index is 12.2. The fraction of sp³-hybridized carbons (Fsp3) is 0.455. The van der Waals surface area contributed by atoms with E-state index >= 15 is 0 Å². The number of nitrogens with zero attached hydrogens (tertiary/aromatic N) is 1. The van der Waals surface area contributed by atoms with Gasteiger partial charge in [-0.05, 0) is 19.1 Å². The number of benzene rings is 1. The van der Waals surface area contributed by atoms with Crippen molar-refractivity contribution in [1.29, 1.82) is 0 Å². The van der Waals surface area contributed by atoms with Crippen LogP contribution in [0.5, 0.6) is 0 Å². The Morgan fingerprint density at radius 2 is 2.00 bits per heavy atom. The van der Waals surface area contributed by atoms with Gasteiger partial charge in [-0.25, -0.2) is 8.42 Å². The fourth-order valence-electron chi connectivity index (χ4n) is 1.81. The Balaban J connectivity index is 2.39. The molecule has 1 aromatic rings. The van der Waals surface area contributed by atoms with E-state index in [0.717, 1.165) is 5.69 Å². The second kappa shape index (κ2) is 4.43. The average Bonchev–Trinajstić information content (AvgIpc) is 2.41. The molecule has 1 N–H and O–H groups in total. The van der Waals surface area contributed by atoms with Crippen molar-refractivity contribution in [2.45, 2.75) is 12.2 Å².